The molecule has 8 heteroatoms. The second-order valence-corrected chi connectivity index (χ2v) is 6.25. The van der Waals surface area contributed by atoms with Crippen molar-refractivity contribution in [2.75, 3.05) is 6.54 Å². The Hall–Kier alpha value is -2.12. The van der Waals surface area contributed by atoms with Crippen molar-refractivity contribution in [2.45, 2.75) is 40.2 Å². The van der Waals surface area contributed by atoms with Crippen molar-refractivity contribution < 1.29 is 14.7 Å². The van der Waals surface area contributed by atoms with E-state index in [0.717, 1.165) is 0 Å². The van der Waals surface area contributed by atoms with E-state index >= 15 is 0 Å². The summed E-state index contributed by atoms with van der Waals surface area (Å²) in [6, 6.07) is -0.766. The molecule has 0 spiro atoms. The molecule has 1 aromatic rings. The van der Waals surface area contributed by atoms with Crippen molar-refractivity contribution in [2.24, 2.45) is 11.3 Å². The molecule has 0 radical (unpaired) electrons. The van der Waals surface area contributed by atoms with Gasteiger partial charge in [0.05, 0.1) is 12.0 Å². The molecule has 8 nitrogen and oxygen atoms in total. The second kappa shape index (κ2) is 7.05. The maximum atomic E-state index is 11.8. The van der Waals surface area contributed by atoms with E-state index in [1.54, 1.807) is 6.92 Å². The number of carboxylic acids is 1. The van der Waals surface area contributed by atoms with Crippen LogP contribution >= 0.6 is 0 Å². The second-order valence-electron chi connectivity index (χ2n) is 6.25. The third-order valence-electron chi connectivity index (χ3n) is 2.91. The van der Waals surface area contributed by atoms with Crippen LogP contribution in [-0.4, -0.2) is 38.8 Å². The van der Waals surface area contributed by atoms with Gasteiger partial charge < -0.3 is 15.7 Å². The molecule has 0 aliphatic heterocycles. The summed E-state index contributed by atoms with van der Waals surface area (Å²) >= 11 is 0. The molecule has 0 bridgehead atoms. The summed E-state index contributed by atoms with van der Waals surface area (Å²) in [6.07, 6.45) is 1.84. The Morgan fingerprint density at radius 2 is 2.10 bits per heavy atom. The quantitative estimate of drug-likeness (QED) is 0.631. The van der Waals surface area contributed by atoms with Gasteiger partial charge >= 0.3 is 12.0 Å². The van der Waals surface area contributed by atoms with Crippen LogP contribution in [0.1, 0.15) is 46.0 Å². The Morgan fingerprint density at radius 3 is 2.57 bits per heavy atom. The fourth-order valence-electron chi connectivity index (χ4n) is 1.94. The number of carboxylic acid groups (broad SMARTS) is 1. The van der Waals surface area contributed by atoms with Crippen LogP contribution in [0.25, 0.3) is 0 Å². The number of carbonyl (C=O) groups is 2. The van der Waals surface area contributed by atoms with Gasteiger partial charge in [0.2, 0.25) is 0 Å². The average Bonchev–Trinajstić information content (AvgIpc) is 2.86. The average molecular weight is 297 g/mol. The number of carbonyl (C=O) groups excluding carboxylic acids is 1. The van der Waals surface area contributed by atoms with Crippen molar-refractivity contribution in [3.63, 3.8) is 0 Å². The molecule has 2 atom stereocenters. The minimum absolute atomic E-state index is 0.0849. The molecule has 0 aliphatic carbocycles. The molecule has 1 rings (SSSR count). The van der Waals surface area contributed by atoms with Gasteiger partial charge in [-0.1, -0.05) is 20.8 Å². The standard InChI is InChI=1S/C13H23N5O3/c1-8(10-15-7-16-18-10)17-12(21)14-6-9(11(19)20)5-13(2,3)4/h7-9H,5-6H2,1-4H3,(H,19,20)(H2,14,17,21)(H,15,16,18). The van der Waals surface area contributed by atoms with Crippen molar-refractivity contribution in [1.29, 1.82) is 0 Å². The fraction of sp³-hybridized carbons (Fsp3) is 0.692. The number of H-pyrrole nitrogens is 1. The van der Waals surface area contributed by atoms with E-state index in [-0.39, 0.29) is 18.0 Å². The first-order valence-corrected chi connectivity index (χ1v) is 6.81. The number of rotatable bonds is 6. The van der Waals surface area contributed by atoms with E-state index < -0.39 is 17.9 Å². The molecule has 2 unspecified atom stereocenters. The number of urea groups is 1. The van der Waals surface area contributed by atoms with E-state index in [9.17, 15) is 14.7 Å². The highest BCUT2D eigenvalue weighted by atomic mass is 16.4. The van der Waals surface area contributed by atoms with Gasteiger partial charge in [-0.3, -0.25) is 9.89 Å². The van der Waals surface area contributed by atoms with Crippen molar-refractivity contribution in [3.05, 3.63) is 12.2 Å². The van der Waals surface area contributed by atoms with Crippen LogP contribution in [0.3, 0.4) is 0 Å². The zero-order valence-electron chi connectivity index (χ0n) is 12.8. The summed E-state index contributed by atoms with van der Waals surface area (Å²) in [4.78, 5) is 26.9. The normalized spacial score (nSPS) is 14.3. The van der Waals surface area contributed by atoms with Gasteiger partial charge in [-0.15, -0.1) is 0 Å². The summed E-state index contributed by atoms with van der Waals surface area (Å²) in [7, 11) is 0. The highest BCUT2D eigenvalue weighted by Crippen LogP contribution is 2.24. The molecule has 21 heavy (non-hydrogen) atoms. The molecule has 0 aliphatic rings. The lowest BCUT2D eigenvalue weighted by Gasteiger charge is -2.23. The van der Waals surface area contributed by atoms with Crippen LogP contribution in [-0.2, 0) is 4.79 Å². The van der Waals surface area contributed by atoms with Gasteiger partial charge in [-0.05, 0) is 18.8 Å². The van der Waals surface area contributed by atoms with Gasteiger partial charge in [0.15, 0.2) is 0 Å². The molecule has 1 heterocycles. The Bertz CT molecular complexity index is 467. The van der Waals surface area contributed by atoms with Crippen molar-refractivity contribution in [3.8, 4) is 0 Å². The number of aliphatic carboxylic acids is 1. The SMILES string of the molecule is CC(NC(=O)NCC(CC(C)(C)C)C(=O)O)c1ncn[nH]1. The Balaban J connectivity index is 2.45. The number of hydrogen-bond donors (Lipinski definition) is 4. The third-order valence-corrected chi connectivity index (χ3v) is 2.91. The maximum absolute atomic E-state index is 11.8. The van der Waals surface area contributed by atoms with Gasteiger partial charge in [0.25, 0.3) is 0 Å². The lowest BCUT2D eigenvalue weighted by Crippen LogP contribution is -2.41. The molecule has 0 saturated carbocycles. The highest BCUT2D eigenvalue weighted by molar-refractivity contribution is 5.76. The lowest BCUT2D eigenvalue weighted by molar-refractivity contribution is -0.142. The zero-order valence-corrected chi connectivity index (χ0v) is 12.8. The summed E-state index contributed by atoms with van der Waals surface area (Å²) in [6.45, 7) is 7.74. The number of nitrogens with one attached hydrogen (secondary N) is 3. The first-order chi connectivity index (χ1) is 9.69. The van der Waals surface area contributed by atoms with Crippen molar-refractivity contribution >= 4 is 12.0 Å². The van der Waals surface area contributed by atoms with Crippen molar-refractivity contribution in [1.82, 2.24) is 25.8 Å². The highest BCUT2D eigenvalue weighted by Gasteiger charge is 2.25. The molecule has 0 aromatic carbocycles. The van der Waals surface area contributed by atoms with E-state index in [1.165, 1.54) is 6.33 Å². The number of aromatic amines is 1. The van der Waals surface area contributed by atoms with E-state index in [4.69, 9.17) is 0 Å². The topological polar surface area (TPSA) is 120 Å². The molecule has 0 fully saturated rings. The predicted molar refractivity (Wildman–Crippen MR) is 76.5 cm³/mol. The van der Waals surface area contributed by atoms with E-state index in [2.05, 4.69) is 25.8 Å². The predicted octanol–water partition coefficient (Wildman–Crippen LogP) is 1.30. The Kier molecular flexibility index (Phi) is 5.69. The first-order valence-electron chi connectivity index (χ1n) is 6.81. The number of amides is 2. The first kappa shape index (κ1) is 16.9. The lowest BCUT2D eigenvalue weighted by atomic mass is 9.84. The molecule has 2 amide bonds. The summed E-state index contributed by atoms with van der Waals surface area (Å²) < 4.78 is 0. The number of nitrogens with zero attached hydrogens (tertiary/aromatic N) is 2. The van der Waals surface area contributed by atoms with Crippen LogP contribution < -0.4 is 10.6 Å². The summed E-state index contributed by atoms with van der Waals surface area (Å²) in [5.41, 5.74) is -0.117. The molecular formula is C13H23N5O3. The summed E-state index contributed by atoms with van der Waals surface area (Å²) in [5, 5.41) is 20.8. The number of aromatic nitrogens is 3. The Morgan fingerprint density at radius 1 is 1.43 bits per heavy atom. The van der Waals surface area contributed by atoms with Crippen LogP contribution in [0.15, 0.2) is 6.33 Å². The Labute approximate surface area is 123 Å². The van der Waals surface area contributed by atoms with E-state index in [0.29, 0.717) is 12.2 Å². The molecular weight excluding hydrogens is 274 g/mol. The molecule has 4 N–H and O–H groups in total. The van der Waals surface area contributed by atoms with Crippen LogP contribution in [0.4, 0.5) is 4.79 Å². The minimum atomic E-state index is -0.909. The van der Waals surface area contributed by atoms with Gasteiger partial charge in [0.1, 0.15) is 12.2 Å². The molecule has 0 saturated heterocycles. The summed E-state index contributed by atoms with van der Waals surface area (Å²) in [5.74, 6) is -0.987. The largest absolute Gasteiger partial charge is 0.481 e. The zero-order chi connectivity index (χ0) is 16.0. The van der Waals surface area contributed by atoms with E-state index in [1.807, 2.05) is 20.8 Å². The molecule has 1 aromatic heterocycles. The smallest absolute Gasteiger partial charge is 0.315 e. The minimum Gasteiger partial charge on any atom is -0.481 e. The monoisotopic (exact) mass is 297 g/mol. The number of hydrogen-bond acceptors (Lipinski definition) is 4. The van der Waals surface area contributed by atoms with Gasteiger partial charge in [-0.2, -0.15) is 5.10 Å². The fourth-order valence-corrected chi connectivity index (χ4v) is 1.94. The van der Waals surface area contributed by atoms with Crippen LogP contribution in [0.5, 0.6) is 0 Å². The van der Waals surface area contributed by atoms with Gasteiger partial charge in [-0.25, -0.2) is 9.78 Å². The van der Waals surface area contributed by atoms with Crippen LogP contribution in [0.2, 0.25) is 0 Å². The molecule has 118 valence electrons. The maximum Gasteiger partial charge on any atom is 0.315 e. The third kappa shape index (κ3) is 6.24. The van der Waals surface area contributed by atoms with Crippen LogP contribution in [0, 0.1) is 11.3 Å². The van der Waals surface area contributed by atoms with Gasteiger partial charge in [0, 0.05) is 6.54 Å².